The topological polar surface area (TPSA) is 78.5 Å². The molecule has 0 spiro atoms. The molecule has 2 aliphatic rings. The smallest absolute Gasteiger partial charge is 0.243 e. The van der Waals surface area contributed by atoms with Crippen LogP contribution in [0.25, 0.3) is 0 Å². The van der Waals surface area contributed by atoms with Crippen LogP contribution in [0, 0.1) is 0 Å². The quantitative estimate of drug-likeness (QED) is 0.787. The van der Waals surface area contributed by atoms with Crippen molar-refractivity contribution >= 4 is 40.1 Å². The Morgan fingerprint density at radius 2 is 1.92 bits per heavy atom. The first kappa shape index (κ1) is 19.5. The van der Waals surface area contributed by atoms with E-state index in [1.54, 1.807) is 36.0 Å². The van der Waals surface area contributed by atoms with Gasteiger partial charge in [0.25, 0.3) is 0 Å². The molecule has 24 heavy (non-hydrogen) atoms. The summed E-state index contributed by atoms with van der Waals surface area (Å²) in [6.07, 6.45) is 1.85. The highest BCUT2D eigenvalue weighted by atomic mass is 35.5. The molecule has 0 saturated carbocycles. The third kappa shape index (κ3) is 4.43. The fraction of sp³-hybridized carbons (Fsp3) is 0.533. The number of nitrogens with zero attached hydrogens (tertiary/aromatic N) is 1. The maximum Gasteiger partial charge on any atom is 0.243 e. The molecule has 0 radical (unpaired) electrons. The van der Waals surface area contributed by atoms with Crippen LogP contribution in [0.4, 0.5) is 0 Å². The zero-order valence-corrected chi connectivity index (χ0v) is 15.7. The van der Waals surface area contributed by atoms with Gasteiger partial charge in [0.05, 0.1) is 10.9 Å². The molecule has 1 amide bonds. The lowest BCUT2D eigenvalue weighted by atomic mass is 10.2. The van der Waals surface area contributed by atoms with E-state index < -0.39 is 10.0 Å². The van der Waals surface area contributed by atoms with Crippen LogP contribution in [-0.4, -0.2) is 49.4 Å². The van der Waals surface area contributed by atoms with Gasteiger partial charge in [0.2, 0.25) is 15.9 Å². The van der Waals surface area contributed by atoms with Gasteiger partial charge in [0.15, 0.2) is 0 Å². The highest BCUT2D eigenvalue weighted by Crippen LogP contribution is 2.21. The predicted octanol–water partition coefficient (Wildman–Crippen LogP) is 1.17. The highest BCUT2D eigenvalue weighted by Gasteiger charge is 2.27. The zero-order valence-electron chi connectivity index (χ0n) is 13.2. The van der Waals surface area contributed by atoms with Crippen LogP contribution in [-0.2, 0) is 21.4 Å². The molecule has 0 aliphatic carbocycles. The van der Waals surface area contributed by atoms with Crippen molar-refractivity contribution in [1.82, 2.24) is 14.9 Å². The van der Waals surface area contributed by atoms with Crippen LogP contribution in [0.2, 0.25) is 0 Å². The second kappa shape index (κ2) is 8.53. The molecule has 3 rings (SSSR count). The Morgan fingerprint density at radius 3 is 2.50 bits per heavy atom. The molecule has 134 valence electrons. The van der Waals surface area contributed by atoms with Crippen LogP contribution in [0.5, 0.6) is 0 Å². The molecule has 2 heterocycles. The Labute approximate surface area is 153 Å². The van der Waals surface area contributed by atoms with Crippen LogP contribution < -0.4 is 10.6 Å². The van der Waals surface area contributed by atoms with Crippen molar-refractivity contribution in [2.45, 2.75) is 30.3 Å². The number of carbonyl (C=O) groups excluding carboxylic acids is 1. The molecule has 2 fully saturated rings. The Balaban J connectivity index is 0.00000208. The fourth-order valence-electron chi connectivity index (χ4n) is 2.73. The lowest BCUT2D eigenvalue weighted by Gasteiger charge is -2.16. The third-order valence-electron chi connectivity index (χ3n) is 4.13. The number of thioether (sulfide) groups is 1. The first-order valence-corrected chi connectivity index (χ1v) is 10.3. The van der Waals surface area contributed by atoms with Crippen LogP contribution in [0.3, 0.4) is 0 Å². The summed E-state index contributed by atoms with van der Waals surface area (Å²) in [5.41, 5.74) is 0.893. The molecular formula is C15H22ClN3O3S2. The largest absolute Gasteiger partial charge is 0.351 e. The number of amides is 1. The van der Waals surface area contributed by atoms with Crippen molar-refractivity contribution in [3.05, 3.63) is 29.8 Å². The van der Waals surface area contributed by atoms with Gasteiger partial charge in [-0.25, -0.2) is 8.42 Å². The molecule has 1 unspecified atom stereocenters. The van der Waals surface area contributed by atoms with Gasteiger partial charge in [-0.05, 0) is 30.5 Å². The molecule has 2 saturated heterocycles. The van der Waals surface area contributed by atoms with Gasteiger partial charge in [0.1, 0.15) is 0 Å². The van der Waals surface area contributed by atoms with E-state index in [1.165, 1.54) is 4.31 Å². The minimum absolute atomic E-state index is 0. The Morgan fingerprint density at radius 1 is 1.25 bits per heavy atom. The van der Waals surface area contributed by atoms with E-state index in [4.69, 9.17) is 0 Å². The summed E-state index contributed by atoms with van der Waals surface area (Å²) in [4.78, 5) is 12.3. The summed E-state index contributed by atoms with van der Waals surface area (Å²) in [7, 11) is -3.37. The van der Waals surface area contributed by atoms with Gasteiger partial charge in [-0.1, -0.05) is 12.1 Å². The normalized spacial score (nSPS) is 21.4. The molecule has 0 aromatic heterocycles. The predicted molar refractivity (Wildman–Crippen MR) is 97.8 cm³/mol. The SMILES string of the molecule is Cl.O=C(NCc1ccc(S(=O)(=O)N2CCCC2)cc1)C1CSCN1. The maximum absolute atomic E-state index is 12.4. The maximum atomic E-state index is 12.4. The standard InChI is InChI=1S/C15H21N3O3S2.ClH/c19-15(14-10-22-11-17-14)16-9-12-3-5-13(6-4-12)23(20,21)18-7-1-2-8-18;/h3-6,14,17H,1-2,7-11H2,(H,16,19);1H. The number of sulfonamides is 1. The third-order valence-corrected chi connectivity index (χ3v) is 6.98. The molecule has 1 aromatic rings. The number of nitrogens with one attached hydrogen (secondary N) is 2. The van der Waals surface area contributed by atoms with Gasteiger partial charge in [0, 0.05) is 31.3 Å². The van der Waals surface area contributed by atoms with Crippen molar-refractivity contribution in [3.63, 3.8) is 0 Å². The van der Waals surface area contributed by atoms with Gasteiger partial charge < -0.3 is 5.32 Å². The lowest BCUT2D eigenvalue weighted by molar-refractivity contribution is -0.122. The average Bonchev–Trinajstić information content (AvgIpc) is 3.25. The second-order valence-electron chi connectivity index (χ2n) is 5.74. The summed E-state index contributed by atoms with van der Waals surface area (Å²) >= 11 is 1.71. The zero-order chi connectivity index (χ0) is 16.3. The van der Waals surface area contributed by atoms with Crippen molar-refractivity contribution in [3.8, 4) is 0 Å². The van der Waals surface area contributed by atoms with Crippen LogP contribution in [0.1, 0.15) is 18.4 Å². The van der Waals surface area contributed by atoms with Crippen LogP contribution >= 0.6 is 24.2 Å². The summed E-state index contributed by atoms with van der Waals surface area (Å²) < 4.78 is 26.4. The van der Waals surface area contributed by atoms with E-state index in [0.29, 0.717) is 24.5 Å². The monoisotopic (exact) mass is 391 g/mol. The Bertz CT molecular complexity index is 655. The molecule has 0 bridgehead atoms. The van der Waals surface area contributed by atoms with E-state index in [1.807, 2.05) is 0 Å². The molecule has 1 aromatic carbocycles. The minimum Gasteiger partial charge on any atom is -0.351 e. The van der Waals surface area contributed by atoms with Gasteiger partial charge in [-0.2, -0.15) is 4.31 Å². The van der Waals surface area contributed by atoms with E-state index in [0.717, 1.165) is 30.0 Å². The molecular weight excluding hydrogens is 370 g/mol. The Kier molecular flexibility index (Phi) is 6.94. The molecule has 1 atom stereocenters. The highest BCUT2D eigenvalue weighted by molar-refractivity contribution is 7.99. The number of hydrogen-bond acceptors (Lipinski definition) is 5. The Hall–Kier alpha value is -0.800. The second-order valence-corrected chi connectivity index (χ2v) is 8.71. The number of carbonyl (C=O) groups is 1. The van der Waals surface area contributed by atoms with Crippen LogP contribution in [0.15, 0.2) is 29.2 Å². The van der Waals surface area contributed by atoms with E-state index in [-0.39, 0.29) is 24.4 Å². The van der Waals surface area contributed by atoms with Crippen molar-refractivity contribution in [1.29, 1.82) is 0 Å². The molecule has 9 heteroatoms. The average molecular weight is 392 g/mol. The van der Waals surface area contributed by atoms with Gasteiger partial charge in [-0.15, -0.1) is 24.2 Å². The summed E-state index contributed by atoms with van der Waals surface area (Å²) in [5.74, 6) is 1.59. The van der Waals surface area contributed by atoms with Gasteiger partial charge in [-0.3, -0.25) is 10.1 Å². The fourth-order valence-corrected chi connectivity index (χ4v) is 5.19. The molecule has 6 nitrogen and oxygen atoms in total. The summed E-state index contributed by atoms with van der Waals surface area (Å²) in [5, 5.41) is 6.00. The number of rotatable bonds is 5. The van der Waals surface area contributed by atoms with Crippen molar-refractivity contribution < 1.29 is 13.2 Å². The van der Waals surface area contributed by atoms with Gasteiger partial charge >= 0.3 is 0 Å². The van der Waals surface area contributed by atoms with E-state index in [2.05, 4.69) is 10.6 Å². The lowest BCUT2D eigenvalue weighted by Crippen LogP contribution is -2.41. The first-order valence-electron chi connectivity index (χ1n) is 7.75. The van der Waals surface area contributed by atoms with E-state index in [9.17, 15) is 13.2 Å². The van der Waals surface area contributed by atoms with Crippen molar-refractivity contribution in [2.75, 3.05) is 24.7 Å². The van der Waals surface area contributed by atoms with Crippen molar-refractivity contribution in [2.24, 2.45) is 0 Å². The summed E-state index contributed by atoms with van der Waals surface area (Å²) in [6.45, 7) is 1.62. The summed E-state index contributed by atoms with van der Waals surface area (Å²) in [6, 6.07) is 6.65. The first-order chi connectivity index (χ1) is 11.1. The minimum atomic E-state index is -3.37. The number of halogens is 1. The van der Waals surface area contributed by atoms with E-state index >= 15 is 0 Å². The number of hydrogen-bond donors (Lipinski definition) is 2. The molecule has 2 aliphatic heterocycles. The number of benzene rings is 1. The molecule has 2 N–H and O–H groups in total.